The fourth-order valence-electron chi connectivity index (χ4n) is 3.63. The number of halogens is 1. The van der Waals surface area contributed by atoms with Crippen LogP contribution in [-0.2, 0) is 11.2 Å². The number of piperidine rings is 1. The number of aromatic nitrogens is 2. The molecule has 2 amide bonds. The van der Waals surface area contributed by atoms with Gasteiger partial charge in [-0.2, -0.15) is 0 Å². The zero-order chi connectivity index (χ0) is 22.5. The minimum atomic E-state index is -0.267. The zero-order valence-corrected chi connectivity index (χ0v) is 20.0. The lowest BCUT2D eigenvalue weighted by Crippen LogP contribution is -2.38. The van der Waals surface area contributed by atoms with Crippen molar-refractivity contribution >= 4 is 52.2 Å². The van der Waals surface area contributed by atoms with Gasteiger partial charge in [0.05, 0.1) is 23.3 Å². The molecule has 1 aliphatic rings. The molecule has 3 heterocycles. The number of pyridine rings is 1. The van der Waals surface area contributed by atoms with Crippen LogP contribution in [0.1, 0.15) is 39.8 Å². The molecule has 4 rings (SSSR count). The van der Waals surface area contributed by atoms with Crippen LogP contribution < -0.4 is 5.32 Å². The molecule has 32 heavy (non-hydrogen) atoms. The maximum atomic E-state index is 12.7. The largest absolute Gasteiger partial charge is 0.342 e. The number of likely N-dealkylation sites (tertiary alicyclic amines) is 1. The first-order valence-corrected chi connectivity index (χ1v) is 12.8. The molecule has 0 radical (unpaired) electrons. The monoisotopic (exact) mass is 486 g/mol. The van der Waals surface area contributed by atoms with E-state index in [1.54, 1.807) is 29.3 Å². The van der Waals surface area contributed by atoms with E-state index < -0.39 is 0 Å². The molecule has 0 atom stereocenters. The molecular weight excluding hydrogens is 464 g/mol. The number of thioether (sulfide) groups is 1. The van der Waals surface area contributed by atoms with Crippen molar-refractivity contribution in [1.29, 1.82) is 0 Å². The number of thiazole rings is 1. The lowest BCUT2D eigenvalue weighted by molar-refractivity contribution is -0.131. The Labute approximate surface area is 200 Å². The summed E-state index contributed by atoms with van der Waals surface area (Å²) in [6.07, 6.45) is 5.69. The van der Waals surface area contributed by atoms with Crippen molar-refractivity contribution in [3.8, 4) is 0 Å². The van der Waals surface area contributed by atoms with Gasteiger partial charge >= 0.3 is 0 Å². The standard InChI is InChI=1S/C23H23ClN4O2S2/c1-31-18-5-2-15(3-6-18)12-21(29)28-10-8-16(9-11-28)23-27-19(14-32-23)22(30)26-17-4-7-20(24)25-13-17/h2-7,13-14,16H,8-12H2,1H3,(H,26,30). The van der Waals surface area contributed by atoms with Crippen LogP contribution in [0.3, 0.4) is 0 Å². The van der Waals surface area contributed by atoms with Crippen molar-refractivity contribution in [3.05, 3.63) is 69.4 Å². The summed E-state index contributed by atoms with van der Waals surface area (Å²) in [4.78, 5) is 36.8. The van der Waals surface area contributed by atoms with E-state index in [0.29, 0.717) is 36.0 Å². The van der Waals surface area contributed by atoms with Crippen molar-refractivity contribution in [2.24, 2.45) is 0 Å². The van der Waals surface area contributed by atoms with Crippen LogP contribution in [0, 0.1) is 0 Å². The molecule has 0 saturated carbocycles. The van der Waals surface area contributed by atoms with E-state index in [-0.39, 0.29) is 17.7 Å². The normalized spacial score (nSPS) is 14.4. The van der Waals surface area contributed by atoms with Gasteiger partial charge in [0.2, 0.25) is 5.91 Å². The summed E-state index contributed by atoms with van der Waals surface area (Å²) in [7, 11) is 0. The van der Waals surface area contributed by atoms with Gasteiger partial charge in [-0.3, -0.25) is 9.59 Å². The Morgan fingerprint density at radius 1 is 1.19 bits per heavy atom. The Morgan fingerprint density at radius 2 is 1.94 bits per heavy atom. The van der Waals surface area contributed by atoms with Gasteiger partial charge in [0, 0.05) is 29.3 Å². The van der Waals surface area contributed by atoms with Gasteiger partial charge in [-0.15, -0.1) is 23.1 Å². The number of amides is 2. The fourth-order valence-corrected chi connectivity index (χ4v) is 5.12. The molecule has 1 aliphatic heterocycles. The van der Waals surface area contributed by atoms with Crippen LogP contribution in [0.15, 0.2) is 52.9 Å². The van der Waals surface area contributed by atoms with Crippen LogP contribution in [0.5, 0.6) is 0 Å². The molecule has 2 aromatic heterocycles. The van der Waals surface area contributed by atoms with Gasteiger partial charge in [-0.05, 0) is 48.9 Å². The van der Waals surface area contributed by atoms with E-state index in [1.807, 2.05) is 23.3 Å². The molecule has 1 saturated heterocycles. The highest BCUT2D eigenvalue weighted by Gasteiger charge is 2.26. The molecule has 0 spiro atoms. The number of nitrogens with zero attached hydrogens (tertiary/aromatic N) is 3. The number of nitrogens with one attached hydrogen (secondary N) is 1. The molecule has 6 nitrogen and oxygen atoms in total. The van der Waals surface area contributed by atoms with Crippen molar-refractivity contribution in [1.82, 2.24) is 14.9 Å². The van der Waals surface area contributed by atoms with Crippen molar-refractivity contribution in [2.45, 2.75) is 30.1 Å². The van der Waals surface area contributed by atoms with Gasteiger partial charge < -0.3 is 10.2 Å². The number of carbonyl (C=O) groups is 2. The minimum absolute atomic E-state index is 0.163. The summed E-state index contributed by atoms with van der Waals surface area (Å²) in [5.41, 5.74) is 2.01. The van der Waals surface area contributed by atoms with Crippen molar-refractivity contribution in [2.75, 3.05) is 24.7 Å². The lowest BCUT2D eigenvalue weighted by atomic mass is 9.97. The smallest absolute Gasteiger partial charge is 0.275 e. The van der Waals surface area contributed by atoms with Crippen LogP contribution in [0.25, 0.3) is 0 Å². The molecule has 1 fully saturated rings. The Kier molecular flexibility index (Phi) is 7.44. The topological polar surface area (TPSA) is 75.2 Å². The van der Waals surface area contributed by atoms with Crippen molar-refractivity contribution < 1.29 is 9.59 Å². The quantitative estimate of drug-likeness (QED) is 0.387. The predicted octanol–water partition coefficient (Wildman–Crippen LogP) is 5.11. The Hall–Kier alpha value is -2.42. The molecule has 166 valence electrons. The van der Waals surface area contributed by atoms with Crippen LogP contribution in [-0.4, -0.2) is 46.0 Å². The SMILES string of the molecule is CSc1ccc(CC(=O)N2CCC(c3nc(C(=O)Nc4ccc(Cl)nc4)cs3)CC2)cc1. The third-order valence-electron chi connectivity index (χ3n) is 5.45. The minimum Gasteiger partial charge on any atom is -0.342 e. The molecule has 1 N–H and O–H groups in total. The number of benzene rings is 1. The number of carbonyl (C=O) groups excluding carboxylic acids is 2. The molecule has 0 unspecified atom stereocenters. The highest BCUT2D eigenvalue weighted by atomic mass is 35.5. The zero-order valence-electron chi connectivity index (χ0n) is 17.6. The summed E-state index contributed by atoms with van der Waals surface area (Å²) in [6.45, 7) is 1.42. The summed E-state index contributed by atoms with van der Waals surface area (Å²) in [5.74, 6) is 0.163. The second-order valence-electron chi connectivity index (χ2n) is 7.57. The van der Waals surface area contributed by atoms with Crippen LogP contribution >= 0.6 is 34.7 Å². The molecule has 1 aromatic carbocycles. The van der Waals surface area contributed by atoms with E-state index in [4.69, 9.17) is 11.6 Å². The highest BCUT2D eigenvalue weighted by molar-refractivity contribution is 7.98. The van der Waals surface area contributed by atoms with E-state index >= 15 is 0 Å². The number of rotatable bonds is 6. The maximum Gasteiger partial charge on any atom is 0.275 e. The summed E-state index contributed by atoms with van der Waals surface area (Å²) < 4.78 is 0. The highest BCUT2D eigenvalue weighted by Crippen LogP contribution is 2.31. The van der Waals surface area contributed by atoms with E-state index in [2.05, 4.69) is 27.4 Å². The third-order valence-corrected chi connectivity index (χ3v) is 7.43. The second kappa shape index (κ2) is 10.5. The Bertz CT molecular complexity index is 1080. The molecule has 9 heteroatoms. The van der Waals surface area contributed by atoms with Gasteiger partial charge in [0.25, 0.3) is 5.91 Å². The number of anilines is 1. The van der Waals surface area contributed by atoms with Gasteiger partial charge in [-0.25, -0.2) is 9.97 Å². The van der Waals surface area contributed by atoms with Gasteiger partial charge in [-0.1, -0.05) is 23.7 Å². The van der Waals surface area contributed by atoms with E-state index in [9.17, 15) is 9.59 Å². The summed E-state index contributed by atoms with van der Waals surface area (Å²) in [6, 6.07) is 11.5. The van der Waals surface area contributed by atoms with Gasteiger partial charge in [0.1, 0.15) is 10.8 Å². The first-order valence-electron chi connectivity index (χ1n) is 10.3. The second-order valence-corrected chi connectivity index (χ2v) is 9.73. The van der Waals surface area contributed by atoms with Crippen LogP contribution in [0.2, 0.25) is 5.15 Å². The average molecular weight is 487 g/mol. The predicted molar refractivity (Wildman–Crippen MR) is 130 cm³/mol. The Balaban J connectivity index is 1.29. The maximum absolute atomic E-state index is 12.7. The lowest BCUT2D eigenvalue weighted by Gasteiger charge is -2.31. The molecular formula is C23H23ClN4O2S2. The number of hydrogen-bond acceptors (Lipinski definition) is 6. The van der Waals surface area contributed by atoms with E-state index in [1.165, 1.54) is 22.4 Å². The van der Waals surface area contributed by atoms with Gasteiger partial charge in [0.15, 0.2) is 0 Å². The first-order chi connectivity index (χ1) is 15.5. The summed E-state index contributed by atoms with van der Waals surface area (Å²) >= 11 is 8.97. The average Bonchev–Trinajstić information content (AvgIpc) is 3.32. The summed E-state index contributed by atoms with van der Waals surface area (Å²) in [5, 5.41) is 5.89. The molecule has 0 bridgehead atoms. The third kappa shape index (κ3) is 5.68. The van der Waals surface area contributed by atoms with Crippen LogP contribution in [0.4, 0.5) is 5.69 Å². The number of hydrogen-bond donors (Lipinski definition) is 1. The fraction of sp³-hybridized carbons (Fsp3) is 0.304. The van der Waals surface area contributed by atoms with E-state index in [0.717, 1.165) is 23.4 Å². The van der Waals surface area contributed by atoms with Crippen molar-refractivity contribution in [3.63, 3.8) is 0 Å². The molecule has 0 aliphatic carbocycles. The Morgan fingerprint density at radius 3 is 2.59 bits per heavy atom. The first kappa shape index (κ1) is 22.8. The molecule has 3 aromatic rings.